The fourth-order valence-corrected chi connectivity index (χ4v) is 2.68. The molecule has 0 spiro atoms. The Labute approximate surface area is 158 Å². The van der Waals surface area contributed by atoms with Crippen molar-refractivity contribution >= 4 is 46.4 Å². The maximum atomic E-state index is 11.8. The SMILES string of the molecule is O=C(COc1ccc(Cl)cc1[N+](=O)[O-])NCCc1ccc(Cl)cc1Cl. The Morgan fingerprint density at radius 3 is 2.48 bits per heavy atom. The lowest BCUT2D eigenvalue weighted by Gasteiger charge is -2.09. The van der Waals surface area contributed by atoms with Crippen molar-refractivity contribution in [3.8, 4) is 5.75 Å². The lowest BCUT2D eigenvalue weighted by molar-refractivity contribution is -0.385. The van der Waals surface area contributed by atoms with Crippen LogP contribution in [0.2, 0.25) is 15.1 Å². The van der Waals surface area contributed by atoms with E-state index in [-0.39, 0.29) is 23.1 Å². The highest BCUT2D eigenvalue weighted by molar-refractivity contribution is 6.35. The van der Waals surface area contributed by atoms with Crippen LogP contribution in [0.25, 0.3) is 0 Å². The highest BCUT2D eigenvalue weighted by Crippen LogP contribution is 2.29. The first kappa shape index (κ1) is 19.3. The van der Waals surface area contributed by atoms with E-state index in [1.54, 1.807) is 18.2 Å². The number of halogens is 3. The molecule has 25 heavy (non-hydrogen) atoms. The van der Waals surface area contributed by atoms with Gasteiger partial charge in [0.1, 0.15) is 0 Å². The molecule has 0 aromatic heterocycles. The van der Waals surface area contributed by atoms with Crippen molar-refractivity contribution in [2.75, 3.05) is 13.2 Å². The maximum absolute atomic E-state index is 11.8. The molecule has 0 saturated carbocycles. The van der Waals surface area contributed by atoms with Gasteiger partial charge in [0.15, 0.2) is 12.4 Å². The van der Waals surface area contributed by atoms with Crippen LogP contribution in [0.4, 0.5) is 5.69 Å². The molecule has 0 atom stereocenters. The molecule has 0 radical (unpaired) electrons. The van der Waals surface area contributed by atoms with E-state index in [1.807, 2.05) is 0 Å². The number of carbonyl (C=O) groups excluding carboxylic acids is 1. The first-order valence-electron chi connectivity index (χ1n) is 7.14. The second-order valence-electron chi connectivity index (χ2n) is 4.99. The summed E-state index contributed by atoms with van der Waals surface area (Å²) in [7, 11) is 0. The van der Waals surface area contributed by atoms with Gasteiger partial charge in [-0.3, -0.25) is 14.9 Å². The van der Waals surface area contributed by atoms with Crippen LogP contribution in [0.1, 0.15) is 5.56 Å². The van der Waals surface area contributed by atoms with E-state index in [4.69, 9.17) is 39.5 Å². The van der Waals surface area contributed by atoms with Gasteiger partial charge in [0.2, 0.25) is 0 Å². The fraction of sp³-hybridized carbons (Fsp3) is 0.188. The van der Waals surface area contributed by atoms with E-state index in [9.17, 15) is 14.9 Å². The second-order valence-corrected chi connectivity index (χ2v) is 6.27. The number of ether oxygens (including phenoxy) is 1. The Kier molecular flexibility index (Phi) is 6.87. The Balaban J connectivity index is 1.84. The van der Waals surface area contributed by atoms with Crippen molar-refractivity contribution in [3.05, 3.63) is 67.1 Å². The van der Waals surface area contributed by atoms with E-state index >= 15 is 0 Å². The van der Waals surface area contributed by atoms with Crippen molar-refractivity contribution in [1.82, 2.24) is 5.32 Å². The van der Waals surface area contributed by atoms with Crippen LogP contribution < -0.4 is 10.1 Å². The van der Waals surface area contributed by atoms with Crippen LogP contribution in [0, 0.1) is 10.1 Å². The van der Waals surface area contributed by atoms with Gasteiger partial charge in [-0.1, -0.05) is 40.9 Å². The molecule has 0 aliphatic carbocycles. The van der Waals surface area contributed by atoms with E-state index < -0.39 is 10.8 Å². The van der Waals surface area contributed by atoms with Crippen molar-refractivity contribution in [1.29, 1.82) is 0 Å². The zero-order valence-corrected chi connectivity index (χ0v) is 15.1. The Bertz CT molecular complexity index is 799. The molecule has 0 bridgehead atoms. The number of amides is 1. The van der Waals surface area contributed by atoms with Gasteiger partial charge in [-0.2, -0.15) is 0 Å². The number of hydrogen-bond donors (Lipinski definition) is 1. The maximum Gasteiger partial charge on any atom is 0.312 e. The smallest absolute Gasteiger partial charge is 0.312 e. The molecule has 0 unspecified atom stereocenters. The summed E-state index contributed by atoms with van der Waals surface area (Å²) in [5.41, 5.74) is 0.550. The largest absolute Gasteiger partial charge is 0.477 e. The summed E-state index contributed by atoms with van der Waals surface area (Å²) in [5, 5.41) is 14.9. The van der Waals surface area contributed by atoms with Crippen LogP contribution in [-0.2, 0) is 11.2 Å². The van der Waals surface area contributed by atoms with Crippen molar-refractivity contribution in [2.24, 2.45) is 0 Å². The highest BCUT2D eigenvalue weighted by Gasteiger charge is 2.16. The normalized spacial score (nSPS) is 10.4. The topological polar surface area (TPSA) is 81.5 Å². The average Bonchev–Trinajstić information content (AvgIpc) is 2.55. The van der Waals surface area contributed by atoms with Gasteiger partial charge >= 0.3 is 5.69 Å². The minimum Gasteiger partial charge on any atom is -0.477 e. The van der Waals surface area contributed by atoms with E-state index in [0.29, 0.717) is 23.0 Å². The molecular formula is C16H13Cl3N2O4. The van der Waals surface area contributed by atoms with Gasteiger partial charge in [-0.15, -0.1) is 0 Å². The summed E-state index contributed by atoms with van der Waals surface area (Å²) >= 11 is 17.6. The lowest BCUT2D eigenvalue weighted by Crippen LogP contribution is -2.30. The molecule has 2 aromatic carbocycles. The zero-order valence-electron chi connectivity index (χ0n) is 12.8. The molecule has 1 amide bonds. The zero-order chi connectivity index (χ0) is 18.4. The summed E-state index contributed by atoms with van der Waals surface area (Å²) in [6, 6.07) is 9.09. The van der Waals surface area contributed by atoms with Crippen LogP contribution in [-0.4, -0.2) is 24.0 Å². The Morgan fingerprint density at radius 1 is 1.12 bits per heavy atom. The number of nitro benzene ring substituents is 1. The predicted molar refractivity (Wildman–Crippen MR) is 96.8 cm³/mol. The van der Waals surface area contributed by atoms with Gasteiger partial charge in [-0.25, -0.2) is 0 Å². The van der Waals surface area contributed by atoms with Crippen LogP contribution in [0.5, 0.6) is 5.75 Å². The molecule has 9 heteroatoms. The number of rotatable bonds is 7. The highest BCUT2D eigenvalue weighted by atomic mass is 35.5. The van der Waals surface area contributed by atoms with Crippen molar-refractivity contribution in [2.45, 2.75) is 6.42 Å². The van der Waals surface area contributed by atoms with Crippen molar-refractivity contribution < 1.29 is 14.5 Å². The molecule has 0 heterocycles. The minimum atomic E-state index is -0.623. The summed E-state index contributed by atoms with van der Waals surface area (Å²) < 4.78 is 5.20. The van der Waals surface area contributed by atoms with E-state index in [1.165, 1.54) is 12.1 Å². The number of carbonyl (C=O) groups is 1. The number of nitrogens with one attached hydrogen (secondary N) is 1. The summed E-state index contributed by atoms with van der Waals surface area (Å²) in [4.78, 5) is 22.1. The molecule has 132 valence electrons. The number of nitrogens with zero attached hydrogens (tertiary/aromatic N) is 1. The van der Waals surface area contributed by atoms with Crippen LogP contribution >= 0.6 is 34.8 Å². The third-order valence-corrected chi connectivity index (χ3v) is 4.03. The van der Waals surface area contributed by atoms with Gasteiger partial charge in [-0.05, 0) is 36.2 Å². The summed E-state index contributed by atoms with van der Waals surface area (Å²) in [5.74, 6) is -0.431. The third kappa shape index (κ3) is 5.77. The third-order valence-electron chi connectivity index (χ3n) is 3.21. The molecule has 0 saturated heterocycles. The summed E-state index contributed by atoms with van der Waals surface area (Å²) in [6.07, 6.45) is 0.517. The number of nitro groups is 1. The number of benzene rings is 2. The molecule has 2 rings (SSSR count). The summed E-state index contributed by atoms with van der Waals surface area (Å²) in [6.45, 7) is -0.0108. The lowest BCUT2D eigenvalue weighted by atomic mass is 10.1. The predicted octanol–water partition coefficient (Wildman–Crippen LogP) is 4.29. The van der Waals surface area contributed by atoms with E-state index in [2.05, 4.69) is 5.32 Å². The van der Waals surface area contributed by atoms with Gasteiger partial charge in [0, 0.05) is 27.7 Å². The first-order chi connectivity index (χ1) is 11.9. The first-order valence-corrected chi connectivity index (χ1v) is 8.27. The second kappa shape index (κ2) is 8.89. The standard InChI is InChI=1S/C16H13Cl3N2O4/c17-11-2-1-10(13(19)7-11)5-6-20-16(22)9-25-15-4-3-12(18)8-14(15)21(23)24/h1-4,7-8H,5-6,9H2,(H,20,22). The minimum absolute atomic E-state index is 0.0229. The molecule has 0 aliphatic heterocycles. The molecule has 6 nitrogen and oxygen atoms in total. The molecule has 1 N–H and O–H groups in total. The fourth-order valence-electron chi connectivity index (χ4n) is 2.01. The molecule has 0 fully saturated rings. The Morgan fingerprint density at radius 2 is 1.80 bits per heavy atom. The molecular weight excluding hydrogens is 391 g/mol. The monoisotopic (exact) mass is 402 g/mol. The molecule has 2 aromatic rings. The van der Waals surface area contributed by atoms with E-state index in [0.717, 1.165) is 11.6 Å². The number of hydrogen-bond acceptors (Lipinski definition) is 4. The van der Waals surface area contributed by atoms with Gasteiger partial charge in [0.25, 0.3) is 5.91 Å². The van der Waals surface area contributed by atoms with Crippen LogP contribution in [0.3, 0.4) is 0 Å². The van der Waals surface area contributed by atoms with Gasteiger partial charge < -0.3 is 10.1 Å². The van der Waals surface area contributed by atoms with Gasteiger partial charge in [0.05, 0.1) is 4.92 Å². The quantitative estimate of drug-likeness (QED) is 0.552. The molecule has 0 aliphatic rings. The average molecular weight is 404 g/mol. The Hall–Kier alpha value is -2.02. The van der Waals surface area contributed by atoms with Crippen molar-refractivity contribution in [3.63, 3.8) is 0 Å². The van der Waals surface area contributed by atoms with Crippen LogP contribution in [0.15, 0.2) is 36.4 Å².